The molecule has 0 unspecified atom stereocenters. The number of benzene rings is 8. The monoisotopic (exact) mass is 1370 g/mol. The van der Waals surface area contributed by atoms with Crippen LogP contribution in [0.5, 0.6) is 0 Å². The fourth-order valence-electron chi connectivity index (χ4n) is 10.5. The summed E-state index contributed by atoms with van der Waals surface area (Å²) in [5.74, 6) is 0. The predicted molar refractivity (Wildman–Crippen MR) is 368 cm³/mol. The third-order valence-corrected chi connectivity index (χ3v) is 25.1. The van der Waals surface area contributed by atoms with Gasteiger partial charge in [0.1, 0.15) is 0 Å². The van der Waals surface area contributed by atoms with Crippen molar-refractivity contribution in [3.05, 3.63) is 267 Å². The van der Waals surface area contributed by atoms with Crippen molar-refractivity contribution in [3.63, 3.8) is 0 Å². The van der Waals surface area contributed by atoms with Gasteiger partial charge in [-0.05, 0) is 87.4 Å². The quantitative estimate of drug-likeness (QED) is 0.0527. The minimum absolute atomic E-state index is 0. The van der Waals surface area contributed by atoms with Crippen molar-refractivity contribution >= 4 is 117 Å². The standard InChI is InChI=1S/2C21H16P.2C17H24P.2ClH.2Zr/c2*1-3-11-19(12-4-1)22(20-13-5-2-6-14-20)21-15-17-9-7-8-10-18(17)16-21;2*1-3-5-11-18(12-6-4-2)17-13-15-9-7-8-10-16(15)14-17;;;;/h2*1-16H;2*7-10,13-14H,3-6,11-12H2,1-2H3;2*1H;;/q4*-1;;;2*+2/p-2. The Kier molecular flexibility index (Phi) is 32.6. The summed E-state index contributed by atoms with van der Waals surface area (Å²) >= 11 is 0. The first-order valence-corrected chi connectivity index (χ1v) is 35.6. The van der Waals surface area contributed by atoms with E-state index in [1.54, 1.807) is 10.6 Å². The molecule has 12 aromatic rings. The summed E-state index contributed by atoms with van der Waals surface area (Å²) < 4.78 is 0. The molecule has 0 aliphatic rings. The molecule has 0 aromatic heterocycles. The van der Waals surface area contributed by atoms with Gasteiger partial charge in [-0.1, -0.05) is 215 Å². The van der Waals surface area contributed by atoms with Gasteiger partial charge in [-0.3, -0.25) is 0 Å². The second kappa shape index (κ2) is 38.5. The van der Waals surface area contributed by atoms with Crippen molar-refractivity contribution in [2.24, 2.45) is 0 Å². The molecule has 0 nitrogen and oxygen atoms in total. The van der Waals surface area contributed by atoms with Crippen molar-refractivity contribution < 1.29 is 77.2 Å². The average Bonchev–Trinajstić information content (AvgIpc) is 4.47. The first kappa shape index (κ1) is 71.0. The summed E-state index contributed by atoms with van der Waals surface area (Å²) in [5.41, 5.74) is 0. The fraction of sp³-hybridized carbons (Fsp3) is 0.211. The maximum absolute atomic E-state index is 2.44. The Morgan fingerprint density at radius 3 is 0.690 bits per heavy atom. The number of halogens is 2. The molecule has 0 saturated heterocycles. The maximum Gasteiger partial charge on any atom is 2.00 e. The summed E-state index contributed by atoms with van der Waals surface area (Å²) in [5, 5.41) is 22.7. The molecular formula is C76H80Cl2P4Zr2-2. The molecule has 0 amide bonds. The van der Waals surface area contributed by atoms with Crippen molar-refractivity contribution in [1.82, 2.24) is 0 Å². The molecule has 0 radical (unpaired) electrons. The molecule has 0 N–H and O–H groups in total. The molecule has 0 aliphatic carbocycles. The molecule has 8 heteroatoms. The number of hydrogen-bond donors (Lipinski definition) is 0. The van der Waals surface area contributed by atoms with Crippen LogP contribution in [-0.2, 0) is 52.4 Å². The van der Waals surface area contributed by atoms with E-state index in [1.807, 2.05) is 0 Å². The van der Waals surface area contributed by atoms with Gasteiger partial charge in [-0.2, -0.15) is 24.3 Å². The van der Waals surface area contributed by atoms with Crippen LogP contribution in [0, 0.1) is 0 Å². The minimum atomic E-state index is -0.493. The van der Waals surface area contributed by atoms with Crippen LogP contribution in [0.3, 0.4) is 0 Å². The third-order valence-electron chi connectivity index (χ3n) is 14.8. The van der Waals surface area contributed by atoms with Crippen LogP contribution in [0.25, 0.3) is 43.1 Å². The zero-order valence-corrected chi connectivity index (χ0v) is 59.4. The van der Waals surface area contributed by atoms with E-state index in [4.69, 9.17) is 0 Å². The Balaban J connectivity index is 0.000000203. The normalized spacial score (nSPS) is 10.8. The number of rotatable bonds is 20. The van der Waals surface area contributed by atoms with E-state index in [9.17, 15) is 0 Å². The molecule has 0 aliphatic heterocycles. The van der Waals surface area contributed by atoms with E-state index >= 15 is 0 Å². The maximum atomic E-state index is 2.44. The summed E-state index contributed by atoms with van der Waals surface area (Å²) in [6, 6.07) is 97.3. The summed E-state index contributed by atoms with van der Waals surface area (Å²) in [6.45, 7) is 9.20. The van der Waals surface area contributed by atoms with E-state index in [0.717, 1.165) is 0 Å². The first-order chi connectivity index (χ1) is 39.5. The third kappa shape index (κ3) is 20.2. The molecule has 0 bridgehead atoms. The fourth-order valence-corrected chi connectivity index (χ4v) is 20.8. The van der Waals surface area contributed by atoms with Crippen molar-refractivity contribution in [1.29, 1.82) is 0 Å². The SMILES string of the molecule is CCCCP(CCCC)c1cc2ccccc2[cH-]1.CCCCP(CCCC)c1cc2ccccc2[cH-]1.[Cl-].[Cl-].[Zr+2].[Zr+2].c1ccc(P(c2ccccc2)c2cc3ccccc3[cH-]2)cc1.c1ccc(P(c2ccccc2)c2cc3ccccc3[cH-]2)cc1. The Morgan fingerprint density at radius 1 is 0.262 bits per heavy atom. The molecule has 0 atom stereocenters. The summed E-state index contributed by atoms with van der Waals surface area (Å²) in [7, 11) is -0.814. The smallest absolute Gasteiger partial charge is 1.00 e. The summed E-state index contributed by atoms with van der Waals surface area (Å²) in [6.07, 6.45) is 16.5. The van der Waals surface area contributed by atoms with Crippen LogP contribution >= 0.6 is 31.7 Å². The van der Waals surface area contributed by atoms with Gasteiger partial charge in [-0.25, -0.2) is 0 Å². The zero-order chi connectivity index (χ0) is 55.1. The molecular weight excluding hydrogens is 1290 g/mol. The Morgan fingerprint density at radius 2 is 0.464 bits per heavy atom. The van der Waals surface area contributed by atoms with E-state index in [2.05, 4.69) is 295 Å². The van der Waals surface area contributed by atoms with E-state index in [0.29, 0.717) is 0 Å². The Bertz CT molecular complexity index is 3190. The number of hydrogen-bond acceptors (Lipinski definition) is 0. The second-order valence-corrected chi connectivity index (χ2v) is 30.2. The summed E-state index contributed by atoms with van der Waals surface area (Å²) in [4.78, 5) is 0. The van der Waals surface area contributed by atoms with Gasteiger partial charge in [0.2, 0.25) is 0 Å². The molecule has 12 rings (SSSR count). The topological polar surface area (TPSA) is 0 Å². The van der Waals surface area contributed by atoms with Gasteiger partial charge < -0.3 is 24.8 Å². The molecule has 0 spiro atoms. The van der Waals surface area contributed by atoms with Crippen LogP contribution in [0.1, 0.15) is 79.1 Å². The van der Waals surface area contributed by atoms with Gasteiger partial charge in [0.15, 0.2) is 0 Å². The van der Waals surface area contributed by atoms with E-state index in [1.165, 1.54) is 151 Å². The second-order valence-electron chi connectivity index (χ2n) is 20.8. The van der Waals surface area contributed by atoms with E-state index in [-0.39, 0.29) is 93.1 Å². The molecule has 0 saturated carbocycles. The van der Waals surface area contributed by atoms with Gasteiger partial charge >= 0.3 is 52.4 Å². The van der Waals surface area contributed by atoms with Crippen LogP contribution in [0.4, 0.5) is 0 Å². The van der Waals surface area contributed by atoms with Crippen molar-refractivity contribution in [2.75, 3.05) is 24.6 Å². The molecule has 0 heterocycles. The van der Waals surface area contributed by atoms with Gasteiger partial charge in [0.05, 0.1) is 0 Å². The molecule has 12 aromatic carbocycles. The van der Waals surface area contributed by atoms with Crippen molar-refractivity contribution in [3.8, 4) is 0 Å². The number of unbranched alkanes of at least 4 members (excludes halogenated alkanes) is 4. The van der Waals surface area contributed by atoms with Gasteiger partial charge in [0.25, 0.3) is 0 Å². The average molecular weight is 1370 g/mol. The van der Waals surface area contributed by atoms with Crippen LogP contribution in [0.15, 0.2) is 267 Å². The Labute approximate surface area is 559 Å². The molecule has 84 heavy (non-hydrogen) atoms. The van der Waals surface area contributed by atoms with Crippen LogP contribution in [-0.4, -0.2) is 24.6 Å². The van der Waals surface area contributed by atoms with E-state index < -0.39 is 15.8 Å². The predicted octanol–water partition coefficient (Wildman–Crippen LogP) is 13.2. The number of fused-ring (bicyclic) bond motifs is 4. The molecule has 0 fully saturated rings. The van der Waals surface area contributed by atoms with Crippen molar-refractivity contribution in [2.45, 2.75) is 79.1 Å². The van der Waals surface area contributed by atoms with Gasteiger partial charge in [0, 0.05) is 0 Å². The van der Waals surface area contributed by atoms with Crippen LogP contribution < -0.4 is 67.3 Å². The minimum Gasteiger partial charge on any atom is -1.00 e. The largest absolute Gasteiger partial charge is 2.00 e. The molecule has 428 valence electrons. The first-order valence-electron chi connectivity index (χ1n) is 29.5. The Hall–Kier alpha value is -3.73. The van der Waals surface area contributed by atoms with Crippen LogP contribution in [0.2, 0.25) is 0 Å². The van der Waals surface area contributed by atoms with Gasteiger partial charge in [-0.15, -0.1) is 161 Å². The zero-order valence-electron chi connectivity index (χ0n) is 49.4.